The van der Waals surface area contributed by atoms with Gasteiger partial charge >= 0.3 is 5.97 Å². The molecule has 0 radical (unpaired) electrons. The van der Waals surface area contributed by atoms with Gasteiger partial charge < -0.3 is 4.74 Å². The molecule has 0 spiro atoms. The highest BCUT2D eigenvalue weighted by molar-refractivity contribution is 5.76. The zero-order valence-corrected chi connectivity index (χ0v) is 12.0. The number of nitrogens with zero attached hydrogens (tertiary/aromatic N) is 1. The second kappa shape index (κ2) is 6.20. The normalized spacial score (nSPS) is 21.6. The Morgan fingerprint density at radius 2 is 2.00 bits per heavy atom. The Morgan fingerprint density at radius 3 is 2.58 bits per heavy atom. The van der Waals surface area contributed by atoms with Crippen LogP contribution in [-0.2, 0) is 9.53 Å². The number of hydrogen-bond donors (Lipinski definition) is 0. The van der Waals surface area contributed by atoms with Crippen LogP contribution < -0.4 is 0 Å². The fourth-order valence-corrected chi connectivity index (χ4v) is 3.07. The van der Waals surface area contributed by atoms with Crippen LogP contribution >= 0.6 is 0 Å². The molecule has 104 valence electrons. The lowest BCUT2D eigenvalue weighted by molar-refractivity contribution is -0.149. The zero-order valence-electron chi connectivity index (χ0n) is 12.0. The van der Waals surface area contributed by atoms with E-state index in [4.69, 9.17) is 4.74 Å². The van der Waals surface area contributed by atoms with E-state index in [1.165, 1.54) is 12.7 Å². The molecule has 2 rings (SSSR count). The molecule has 19 heavy (non-hydrogen) atoms. The smallest absolute Gasteiger partial charge is 0.323 e. The molecule has 0 bridgehead atoms. The van der Waals surface area contributed by atoms with E-state index in [-0.39, 0.29) is 17.9 Å². The quantitative estimate of drug-likeness (QED) is 0.780. The molecule has 2 atom stereocenters. The van der Waals surface area contributed by atoms with Gasteiger partial charge in [-0.25, -0.2) is 0 Å². The second-order valence-corrected chi connectivity index (χ2v) is 5.52. The zero-order chi connectivity index (χ0) is 13.8. The molecule has 0 unspecified atom stereocenters. The minimum Gasteiger partial charge on any atom is -0.468 e. The topological polar surface area (TPSA) is 29.5 Å². The molecule has 1 aromatic rings. The van der Waals surface area contributed by atoms with Crippen molar-refractivity contribution in [1.82, 2.24) is 4.90 Å². The first kappa shape index (κ1) is 14.1. The Kier molecular flexibility index (Phi) is 4.59. The summed E-state index contributed by atoms with van der Waals surface area (Å²) >= 11 is 0. The van der Waals surface area contributed by atoms with Gasteiger partial charge in [-0.1, -0.05) is 44.2 Å². The molecule has 0 N–H and O–H groups in total. The van der Waals surface area contributed by atoms with Crippen molar-refractivity contribution in [2.24, 2.45) is 5.92 Å². The molecule has 1 fully saturated rings. The molecular weight excluding hydrogens is 238 g/mol. The first-order valence-corrected chi connectivity index (χ1v) is 7.03. The van der Waals surface area contributed by atoms with Crippen LogP contribution in [0.2, 0.25) is 0 Å². The summed E-state index contributed by atoms with van der Waals surface area (Å²) in [5.41, 5.74) is 1.30. The largest absolute Gasteiger partial charge is 0.468 e. The highest BCUT2D eigenvalue weighted by Gasteiger charge is 2.37. The fourth-order valence-electron chi connectivity index (χ4n) is 3.07. The van der Waals surface area contributed by atoms with Crippen molar-refractivity contribution in [1.29, 1.82) is 0 Å². The van der Waals surface area contributed by atoms with E-state index in [2.05, 4.69) is 43.0 Å². The van der Waals surface area contributed by atoms with Crippen LogP contribution in [0.3, 0.4) is 0 Å². The van der Waals surface area contributed by atoms with Crippen molar-refractivity contribution >= 4 is 5.97 Å². The molecule has 1 heterocycles. The number of hydrogen-bond acceptors (Lipinski definition) is 3. The van der Waals surface area contributed by atoms with Gasteiger partial charge in [-0.2, -0.15) is 0 Å². The minimum absolute atomic E-state index is 0.113. The maximum absolute atomic E-state index is 12.1. The summed E-state index contributed by atoms with van der Waals surface area (Å²) in [5, 5.41) is 0. The summed E-state index contributed by atoms with van der Waals surface area (Å²) in [5.74, 6) is 0.148. The highest BCUT2D eigenvalue weighted by atomic mass is 16.5. The SMILES string of the molecule is COC(=O)[C@H](C(C)C)N1CCC[C@H]1c1ccccc1. The predicted octanol–water partition coefficient (Wildman–Crippen LogP) is 3.02. The molecular formula is C16H23NO2. The number of methoxy groups -OCH3 is 1. The summed E-state index contributed by atoms with van der Waals surface area (Å²) in [6.45, 7) is 5.14. The second-order valence-electron chi connectivity index (χ2n) is 5.52. The Morgan fingerprint density at radius 1 is 1.32 bits per heavy atom. The van der Waals surface area contributed by atoms with Gasteiger partial charge in [-0.05, 0) is 30.9 Å². The summed E-state index contributed by atoms with van der Waals surface area (Å²) in [7, 11) is 1.48. The van der Waals surface area contributed by atoms with Gasteiger partial charge in [-0.3, -0.25) is 9.69 Å². The Hall–Kier alpha value is -1.35. The van der Waals surface area contributed by atoms with Gasteiger partial charge in [0.25, 0.3) is 0 Å². The number of likely N-dealkylation sites (tertiary alicyclic amines) is 1. The molecule has 0 aromatic heterocycles. The van der Waals surface area contributed by atoms with Crippen molar-refractivity contribution < 1.29 is 9.53 Å². The van der Waals surface area contributed by atoms with E-state index >= 15 is 0 Å². The van der Waals surface area contributed by atoms with Gasteiger partial charge in [0.2, 0.25) is 0 Å². The monoisotopic (exact) mass is 261 g/mol. The van der Waals surface area contributed by atoms with Crippen molar-refractivity contribution in [3.63, 3.8) is 0 Å². The molecule has 0 amide bonds. The van der Waals surface area contributed by atoms with Gasteiger partial charge in [0.15, 0.2) is 0 Å². The van der Waals surface area contributed by atoms with E-state index in [0.29, 0.717) is 6.04 Å². The first-order chi connectivity index (χ1) is 9.15. The molecule has 1 aliphatic heterocycles. The van der Waals surface area contributed by atoms with Crippen molar-refractivity contribution in [2.45, 2.75) is 38.8 Å². The van der Waals surface area contributed by atoms with Crippen LogP contribution in [0.25, 0.3) is 0 Å². The number of rotatable bonds is 4. The van der Waals surface area contributed by atoms with E-state index in [1.807, 2.05) is 6.07 Å². The van der Waals surface area contributed by atoms with Crippen molar-refractivity contribution in [3.8, 4) is 0 Å². The van der Waals surface area contributed by atoms with Crippen LogP contribution in [0, 0.1) is 5.92 Å². The van der Waals surface area contributed by atoms with Crippen molar-refractivity contribution in [3.05, 3.63) is 35.9 Å². The van der Waals surface area contributed by atoms with Gasteiger partial charge in [-0.15, -0.1) is 0 Å². The summed E-state index contributed by atoms with van der Waals surface area (Å²) in [6.07, 6.45) is 2.25. The van der Waals surface area contributed by atoms with Crippen LogP contribution in [0.5, 0.6) is 0 Å². The number of carbonyl (C=O) groups is 1. The Bertz CT molecular complexity index is 416. The summed E-state index contributed by atoms with van der Waals surface area (Å²) in [6, 6.07) is 10.7. The minimum atomic E-state index is -0.141. The highest BCUT2D eigenvalue weighted by Crippen LogP contribution is 2.35. The van der Waals surface area contributed by atoms with Gasteiger partial charge in [0.1, 0.15) is 6.04 Å². The lowest BCUT2D eigenvalue weighted by Gasteiger charge is -2.33. The molecule has 3 heteroatoms. The lowest BCUT2D eigenvalue weighted by Crippen LogP contribution is -2.44. The Labute approximate surface area is 115 Å². The number of esters is 1. The van der Waals surface area contributed by atoms with E-state index in [1.54, 1.807) is 0 Å². The standard InChI is InChI=1S/C16H23NO2/c1-12(2)15(16(18)19-3)17-11-7-10-14(17)13-8-5-4-6-9-13/h4-6,8-9,12,14-15H,7,10-11H2,1-3H3/t14-,15-/m0/s1. The number of carbonyl (C=O) groups excluding carboxylic acids is 1. The fraction of sp³-hybridized carbons (Fsp3) is 0.562. The van der Waals surface area contributed by atoms with Crippen molar-refractivity contribution in [2.75, 3.05) is 13.7 Å². The van der Waals surface area contributed by atoms with Crippen LogP contribution in [0.1, 0.15) is 38.3 Å². The maximum atomic E-state index is 12.1. The summed E-state index contributed by atoms with van der Waals surface area (Å²) < 4.78 is 4.99. The Balaban J connectivity index is 2.24. The maximum Gasteiger partial charge on any atom is 0.323 e. The lowest BCUT2D eigenvalue weighted by atomic mass is 9.98. The first-order valence-electron chi connectivity index (χ1n) is 7.03. The molecule has 0 saturated carbocycles. The van der Waals surface area contributed by atoms with E-state index in [0.717, 1.165) is 19.4 Å². The molecule has 0 aliphatic carbocycles. The third-order valence-corrected chi connectivity index (χ3v) is 3.91. The number of ether oxygens (including phenoxy) is 1. The van der Waals surface area contributed by atoms with Crippen LogP contribution in [0.4, 0.5) is 0 Å². The van der Waals surface area contributed by atoms with Gasteiger partial charge in [0.05, 0.1) is 7.11 Å². The average Bonchev–Trinajstić information content (AvgIpc) is 2.88. The van der Waals surface area contributed by atoms with Crippen LogP contribution in [0.15, 0.2) is 30.3 Å². The third kappa shape index (κ3) is 2.98. The molecule has 3 nitrogen and oxygen atoms in total. The van der Waals surface area contributed by atoms with Gasteiger partial charge in [0, 0.05) is 6.04 Å². The molecule has 1 aromatic carbocycles. The van der Waals surface area contributed by atoms with E-state index < -0.39 is 0 Å². The third-order valence-electron chi connectivity index (χ3n) is 3.91. The predicted molar refractivity (Wildman–Crippen MR) is 75.8 cm³/mol. The average molecular weight is 261 g/mol. The molecule has 1 saturated heterocycles. The van der Waals surface area contributed by atoms with Crippen LogP contribution in [-0.4, -0.2) is 30.6 Å². The molecule has 1 aliphatic rings. The summed E-state index contributed by atoms with van der Waals surface area (Å²) in [4.78, 5) is 14.4. The number of benzene rings is 1. The van der Waals surface area contributed by atoms with E-state index in [9.17, 15) is 4.79 Å².